The molecular formula is C27H40N4O4. The minimum absolute atomic E-state index is 0.0411. The molecule has 3 aliphatic rings. The zero-order valence-corrected chi connectivity index (χ0v) is 21.7. The van der Waals surface area contributed by atoms with E-state index in [9.17, 15) is 14.4 Å². The van der Waals surface area contributed by atoms with Crippen molar-refractivity contribution in [3.63, 3.8) is 0 Å². The number of ketones is 1. The number of carbonyl (C=O) groups excluding carboxylic acids is 3. The van der Waals surface area contributed by atoms with Gasteiger partial charge in [-0.1, -0.05) is 27.7 Å². The van der Waals surface area contributed by atoms with E-state index in [1.807, 2.05) is 38.1 Å². The number of ether oxygens (including phenoxy) is 1. The van der Waals surface area contributed by atoms with Crippen LogP contribution in [0, 0.1) is 17.8 Å². The summed E-state index contributed by atoms with van der Waals surface area (Å²) < 4.78 is 5.78. The third-order valence-electron chi connectivity index (χ3n) is 7.67. The number of rotatable bonds is 7. The lowest BCUT2D eigenvalue weighted by atomic mass is 9.91. The number of likely N-dealkylation sites (N-methyl/N-ethyl adjacent to an activating group) is 1. The number of benzene rings is 1. The molecule has 4 atom stereocenters. The summed E-state index contributed by atoms with van der Waals surface area (Å²) in [5.74, 6) is 0.132. The zero-order valence-electron chi connectivity index (χ0n) is 21.7. The molecule has 192 valence electrons. The number of Topliss-reactive ketones (excluding diaryl/α,β-unsaturated/α-hetero) is 1. The van der Waals surface area contributed by atoms with Gasteiger partial charge in [0.15, 0.2) is 5.78 Å². The van der Waals surface area contributed by atoms with Gasteiger partial charge in [0.1, 0.15) is 18.7 Å². The van der Waals surface area contributed by atoms with Gasteiger partial charge in [0.05, 0.1) is 6.10 Å². The number of hydrogen-bond acceptors (Lipinski definition) is 6. The SMILES string of the molecule is CC(C)C[C@H](NC(=O)c1ccc(N2CCN(C)CC2)cc1)C(=O)N1C[C@H](C(C)C)[C@H]2OCC(=O)[C@H]21. The Morgan fingerprint density at radius 3 is 2.31 bits per heavy atom. The van der Waals surface area contributed by atoms with E-state index in [0.29, 0.717) is 24.4 Å². The van der Waals surface area contributed by atoms with Crippen molar-refractivity contribution in [2.24, 2.45) is 17.8 Å². The summed E-state index contributed by atoms with van der Waals surface area (Å²) >= 11 is 0. The van der Waals surface area contributed by atoms with Crippen molar-refractivity contribution in [1.29, 1.82) is 0 Å². The normalized spacial score (nSPS) is 25.9. The maximum atomic E-state index is 13.7. The van der Waals surface area contributed by atoms with Gasteiger partial charge < -0.3 is 24.8 Å². The van der Waals surface area contributed by atoms with Crippen molar-refractivity contribution in [3.05, 3.63) is 29.8 Å². The second-order valence-electron chi connectivity index (χ2n) is 11.1. The average Bonchev–Trinajstić information content (AvgIpc) is 3.39. The maximum Gasteiger partial charge on any atom is 0.251 e. The highest BCUT2D eigenvalue weighted by atomic mass is 16.5. The first-order chi connectivity index (χ1) is 16.7. The Bertz CT molecular complexity index is 924. The van der Waals surface area contributed by atoms with Crippen molar-refractivity contribution in [1.82, 2.24) is 15.1 Å². The Morgan fingerprint density at radius 2 is 1.71 bits per heavy atom. The number of fused-ring (bicyclic) bond motifs is 1. The number of nitrogens with zero attached hydrogens (tertiary/aromatic N) is 3. The second-order valence-corrected chi connectivity index (χ2v) is 11.1. The van der Waals surface area contributed by atoms with E-state index in [0.717, 1.165) is 31.9 Å². The summed E-state index contributed by atoms with van der Waals surface area (Å²) in [5, 5.41) is 2.98. The fraction of sp³-hybridized carbons (Fsp3) is 0.667. The summed E-state index contributed by atoms with van der Waals surface area (Å²) in [6.45, 7) is 12.8. The van der Waals surface area contributed by atoms with E-state index in [1.54, 1.807) is 4.90 Å². The molecule has 0 aromatic heterocycles. The molecule has 0 unspecified atom stereocenters. The number of nitrogens with one attached hydrogen (secondary N) is 1. The van der Waals surface area contributed by atoms with Crippen LogP contribution in [0.15, 0.2) is 24.3 Å². The molecule has 2 amide bonds. The highest BCUT2D eigenvalue weighted by molar-refractivity contribution is 5.99. The number of carbonyl (C=O) groups is 3. The lowest BCUT2D eigenvalue weighted by Gasteiger charge is -2.34. The molecule has 3 heterocycles. The van der Waals surface area contributed by atoms with E-state index >= 15 is 0 Å². The van der Waals surface area contributed by atoms with Crippen LogP contribution in [0.2, 0.25) is 0 Å². The van der Waals surface area contributed by atoms with Crippen LogP contribution in [0.1, 0.15) is 44.5 Å². The van der Waals surface area contributed by atoms with Crippen molar-refractivity contribution >= 4 is 23.3 Å². The first kappa shape index (κ1) is 25.6. The van der Waals surface area contributed by atoms with Gasteiger partial charge in [-0.15, -0.1) is 0 Å². The van der Waals surface area contributed by atoms with Gasteiger partial charge in [-0.2, -0.15) is 0 Å². The molecule has 4 rings (SSSR count). The molecule has 1 N–H and O–H groups in total. The van der Waals surface area contributed by atoms with E-state index in [2.05, 4.69) is 36.0 Å². The fourth-order valence-corrected chi connectivity index (χ4v) is 5.53. The standard InChI is InChI=1S/C27H40N4O4/c1-17(2)14-22(27(34)31-15-21(18(3)4)25-24(31)23(32)16-35-25)28-26(33)19-6-8-20(9-7-19)30-12-10-29(5)11-13-30/h6-9,17-18,21-22,24-25H,10-16H2,1-5H3,(H,28,33)/t21-,22+,24-,25-/m1/s1. The van der Waals surface area contributed by atoms with Gasteiger partial charge in [-0.3, -0.25) is 14.4 Å². The largest absolute Gasteiger partial charge is 0.369 e. The Labute approximate surface area is 209 Å². The minimum atomic E-state index is -0.681. The van der Waals surface area contributed by atoms with Gasteiger partial charge in [0, 0.05) is 49.9 Å². The molecule has 0 saturated carbocycles. The smallest absolute Gasteiger partial charge is 0.251 e. The van der Waals surface area contributed by atoms with Crippen molar-refractivity contribution in [2.75, 3.05) is 51.3 Å². The summed E-state index contributed by atoms with van der Waals surface area (Å²) in [6.07, 6.45) is 0.267. The van der Waals surface area contributed by atoms with Crippen LogP contribution in [0.5, 0.6) is 0 Å². The topological polar surface area (TPSA) is 82.2 Å². The quantitative estimate of drug-likeness (QED) is 0.638. The van der Waals surface area contributed by atoms with E-state index in [-0.39, 0.29) is 42.1 Å². The van der Waals surface area contributed by atoms with Crippen molar-refractivity contribution < 1.29 is 19.1 Å². The Kier molecular flexibility index (Phi) is 7.81. The highest BCUT2D eigenvalue weighted by Crippen LogP contribution is 2.36. The molecule has 1 aromatic rings. The third-order valence-corrected chi connectivity index (χ3v) is 7.67. The van der Waals surface area contributed by atoms with Crippen LogP contribution in [0.3, 0.4) is 0 Å². The monoisotopic (exact) mass is 484 g/mol. The summed E-state index contributed by atoms with van der Waals surface area (Å²) in [7, 11) is 2.13. The Hall–Kier alpha value is -2.45. The molecule has 0 spiro atoms. The van der Waals surface area contributed by atoms with E-state index in [1.165, 1.54) is 0 Å². The summed E-state index contributed by atoms with van der Waals surface area (Å²) in [5.41, 5.74) is 1.64. The lowest BCUT2D eigenvalue weighted by molar-refractivity contribution is -0.138. The first-order valence-corrected chi connectivity index (χ1v) is 12.9. The predicted octanol–water partition coefficient (Wildman–Crippen LogP) is 2.03. The maximum absolute atomic E-state index is 13.7. The average molecular weight is 485 g/mol. The number of likely N-dealkylation sites (tertiary alicyclic amines) is 1. The zero-order chi connectivity index (χ0) is 25.3. The van der Waals surface area contributed by atoms with Crippen LogP contribution in [0.4, 0.5) is 5.69 Å². The molecule has 8 heteroatoms. The molecule has 0 bridgehead atoms. The van der Waals surface area contributed by atoms with Gasteiger partial charge in [-0.05, 0) is 49.6 Å². The summed E-state index contributed by atoms with van der Waals surface area (Å²) in [6, 6.07) is 6.40. The van der Waals surface area contributed by atoms with Gasteiger partial charge >= 0.3 is 0 Å². The molecular weight excluding hydrogens is 444 g/mol. The van der Waals surface area contributed by atoms with Crippen LogP contribution in [0.25, 0.3) is 0 Å². The van der Waals surface area contributed by atoms with Gasteiger partial charge in [0.2, 0.25) is 5.91 Å². The van der Waals surface area contributed by atoms with Crippen LogP contribution in [-0.4, -0.2) is 92.0 Å². The van der Waals surface area contributed by atoms with Crippen molar-refractivity contribution in [2.45, 2.75) is 52.3 Å². The molecule has 0 aliphatic carbocycles. The highest BCUT2D eigenvalue weighted by Gasteiger charge is 2.53. The van der Waals surface area contributed by atoms with Crippen LogP contribution >= 0.6 is 0 Å². The van der Waals surface area contributed by atoms with Gasteiger partial charge in [-0.25, -0.2) is 0 Å². The summed E-state index contributed by atoms with van der Waals surface area (Å²) in [4.78, 5) is 45.7. The van der Waals surface area contributed by atoms with Crippen LogP contribution < -0.4 is 10.2 Å². The number of piperazine rings is 1. The lowest BCUT2D eigenvalue weighted by Crippen LogP contribution is -2.52. The van der Waals surface area contributed by atoms with E-state index < -0.39 is 12.1 Å². The number of anilines is 1. The molecule has 3 fully saturated rings. The number of amides is 2. The minimum Gasteiger partial charge on any atom is -0.369 e. The molecule has 35 heavy (non-hydrogen) atoms. The second kappa shape index (κ2) is 10.7. The molecule has 1 aromatic carbocycles. The van der Waals surface area contributed by atoms with Gasteiger partial charge in [0.25, 0.3) is 5.91 Å². The molecule has 8 nitrogen and oxygen atoms in total. The molecule has 3 aliphatic heterocycles. The number of hydrogen-bond donors (Lipinski definition) is 1. The molecule has 0 radical (unpaired) electrons. The van der Waals surface area contributed by atoms with Crippen molar-refractivity contribution in [3.8, 4) is 0 Å². The van der Waals surface area contributed by atoms with Crippen LogP contribution in [-0.2, 0) is 14.3 Å². The first-order valence-electron chi connectivity index (χ1n) is 12.9. The Morgan fingerprint density at radius 1 is 1.06 bits per heavy atom. The van der Waals surface area contributed by atoms with E-state index in [4.69, 9.17) is 4.74 Å². The Balaban J connectivity index is 1.46. The molecule has 3 saturated heterocycles. The predicted molar refractivity (Wildman–Crippen MR) is 135 cm³/mol. The fourth-order valence-electron chi connectivity index (χ4n) is 5.53. The third kappa shape index (κ3) is 5.54.